The molecule has 2 fully saturated rings. The maximum atomic E-state index is 13.7. The monoisotopic (exact) mass is 368 g/mol. The summed E-state index contributed by atoms with van der Waals surface area (Å²) in [5.74, 6) is 0.658. The SMILES string of the molecule is CCNCC1CCN(C(=O)C2(c3cccc(F)c3)CCCC2)CC1.Cl. The van der Waals surface area contributed by atoms with Crippen LogP contribution < -0.4 is 5.32 Å². The van der Waals surface area contributed by atoms with Crippen LogP contribution in [0, 0.1) is 11.7 Å². The summed E-state index contributed by atoms with van der Waals surface area (Å²) < 4.78 is 13.7. The summed E-state index contributed by atoms with van der Waals surface area (Å²) in [6.45, 7) is 5.86. The van der Waals surface area contributed by atoms with Crippen molar-refractivity contribution in [3.63, 3.8) is 0 Å². The number of piperidine rings is 1. The number of nitrogens with zero attached hydrogens (tertiary/aromatic N) is 1. The molecule has 3 rings (SSSR count). The lowest BCUT2D eigenvalue weighted by molar-refractivity contribution is -0.138. The lowest BCUT2D eigenvalue weighted by Gasteiger charge is -2.39. The summed E-state index contributed by atoms with van der Waals surface area (Å²) in [6, 6.07) is 6.70. The van der Waals surface area contributed by atoms with E-state index >= 15 is 0 Å². The molecule has 0 bridgehead atoms. The minimum absolute atomic E-state index is 0. The van der Waals surface area contributed by atoms with Crippen LogP contribution in [-0.4, -0.2) is 37.0 Å². The molecule has 1 aliphatic heterocycles. The van der Waals surface area contributed by atoms with Gasteiger partial charge in [0.25, 0.3) is 0 Å². The van der Waals surface area contributed by atoms with Gasteiger partial charge >= 0.3 is 0 Å². The fourth-order valence-electron chi connectivity index (χ4n) is 4.38. The van der Waals surface area contributed by atoms with E-state index in [9.17, 15) is 9.18 Å². The molecule has 2 aliphatic rings. The highest BCUT2D eigenvalue weighted by Crippen LogP contribution is 2.43. The van der Waals surface area contributed by atoms with Gasteiger partial charge in [0.2, 0.25) is 5.91 Å². The minimum atomic E-state index is -0.489. The van der Waals surface area contributed by atoms with Gasteiger partial charge < -0.3 is 10.2 Å². The lowest BCUT2D eigenvalue weighted by Crippen LogP contribution is -2.49. The van der Waals surface area contributed by atoms with Crippen LogP contribution in [0.5, 0.6) is 0 Å². The number of carbonyl (C=O) groups is 1. The number of likely N-dealkylation sites (tertiary alicyclic amines) is 1. The standard InChI is InChI=1S/C20H29FN2O.ClH/c1-2-22-15-16-8-12-23(13-9-16)19(24)20(10-3-4-11-20)17-6-5-7-18(21)14-17;/h5-7,14,16,22H,2-4,8-13,15H2,1H3;1H. The first-order valence-corrected chi connectivity index (χ1v) is 9.42. The van der Waals surface area contributed by atoms with E-state index in [1.807, 2.05) is 11.0 Å². The van der Waals surface area contributed by atoms with Gasteiger partial charge in [-0.1, -0.05) is 31.9 Å². The molecule has 1 saturated carbocycles. The Morgan fingerprint density at radius 3 is 2.56 bits per heavy atom. The van der Waals surface area contributed by atoms with E-state index in [2.05, 4.69) is 12.2 Å². The second-order valence-electron chi connectivity index (χ2n) is 7.34. The van der Waals surface area contributed by atoms with Crippen molar-refractivity contribution in [2.24, 2.45) is 5.92 Å². The van der Waals surface area contributed by atoms with Crippen molar-refractivity contribution in [2.45, 2.75) is 50.9 Å². The van der Waals surface area contributed by atoms with Crippen molar-refractivity contribution in [3.8, 4) is 0 Å². The van der Waals surface area contributed by atoms with E-state index in [-0.39, 0.29) is 24.1 Å². The van der Waals surface area contributed by atoms with Crippen molar-refractivity contribution in [2.75, 3.05) is 26.2 Å². The fourth-order valence-corrected chi connectivity index (χ4v) is 4.38. The molecule has 1 aromatic carbocycles. The van der Waals surface area contributed by atoms with Crippen molar-refractivity contribution in [1.82, 2.24) is 10.2 Å². The van der Waals surface area contributed by atoms with Gasteiger partial charge in [0.05, 0.1) is 5.41 Å². The Morgan fingerprint density at radius 1 is 1.28 bits per heavy atom. The van der Waals surface area contributed by atoms with Crippen molar-refractivity contribution in [1.29, 1.82) is 0 Å². The molecular formula is C20H30ClFN2O. The molecule has 0 aromatic heterocycles. The number of halogens is 2. The zero-order valence-corrected chi connectivity index (χ0v) is 15.9. The Bertz CT molecular complexity index is 567. The average Bonchev–Trinajstić information content (AvgIpc) is 3.11. The van der Waals surface area contributed by atoms with E-state index < -0.39 is 5.41 Å². The minimum Gasteiger partial charge on any atom is -0.342 e. The predicted molar refractivity (Wildman–Crippen MR) is 102 cm³/mol. The first-order chi connectivity index (χ1) is 11.7. The Balaban J connectivity index is 0.00000225. The topological polar surface area (TPSA) is 32.3 Å². The third kappa shape index (κ3) is 4.35. The third-order valence-electron chi connectivity index (χ3n) is 5.83. The second-order valence-corrected chi connectivity index (χ2v) is 7.34. The summed E-state index contributed by atoms with van der Waals surface area (Å²) in [5, 5.41) is 3.41. The molecule has 1 N–H and O–H groups in total. The van der Waals surface area contributed by atoms with E-state index in [4.69, 9.17) is 0 Å². The van der Waals surface area contributed by atoms with Crippen LogP contribution in [0.4, 0.5) is 4.39 Å². The smallest absolute Gasteiger partial charge is 0.233 e. The number of hydrogen-bond acceptors (Lipinski definition) is 2. The second kappa shape index (κ2) is 9.00. The molecular weight excluding hydrogens is 339 g/mol. The number of amides is 1. The average molecular weight is 369 g/mol. The Labute approximate surface area is 156 Å². The first-order valence-electron chi connectivity index (χ1n) is 9.42. The molecule has 0 unspecified atom stereocenters. The molecule has 1 aliphatic carbocycles. The van der Waals surface area contributed by atoms with Gasteiger partial charge in [-0.2, -0.15) is 0 Å². The summed E-state index contributed by atoms with van der Waals surface area (Å²) in [6.07, 6.45) is 5.95. The van der Waals surface area contributed by atoms with Gasteiger partial charge in [-0.3, -0.25) is 4.79 Å². The normalized spacial score (nSPS) is 20.3. The molecule has 5 heteroatoms. The molecule has 1 amide bonds. The quantitative estimate of drug-likeness (QED) is 0.854. The zero-order chi connectivity index (χ0) is 17.0. The van der Waals surface area contributed by atoms with Crippen LogP contribution in [0.1, 0.15) is 51.0 Å². The Hall–Kier alpha value is -1.13. The maximum absolute atomic E-state index is 13.7. The van der Waals surface area contributed by atoms with E-state index in [1.165, 1.54) is 6.07 Å². The number of rotatable bonds is 5. The van der Waals surface area contributed by atoms with Gasteiger partial charge in [0.1, 0.15) is 5.82 Å². The van der Waals surface area contributed by atoms with Crippen LogP contribution in [0.25, 0.3) is 0 Å². The third-order valence-corrected chi connectivity index (χ3v) is 5.83. The molecule has 3 nitrogen and oxygen atoms in total. The number of hydrogen-bond donors (Lipinski definition) is 1. The van der Waals surface area contributed by atoms with Gasteiger partial charge in [0, 0.05) is 13.1 Å². The number of benzene rings is 1. The van der Waals surface area contributed by atoms with Gasteiger partial charge in [-0.25, -0.2) is 4.39 Å². The number of carbonyl (C=O) groups excluding carboxylic acids is 1. The van der Waals surface area contributed by atoms with Crippen molar-refractivity contribution >= 4 is 18.3 Å². The van der Waals surface area contributed by atoms with Crippen LogP contribution in [0.2, 0.25) is 0 Å². The highest BCUT2D eigenvalue weighted by Gasteiger charge is 2.45. The van der Waals surface area contributed by atoms with Crippen LogP contribution >= 0.6 is 12.4 Å². The molecule has 0 atom stereocenters. The molecule has 25 heavy (non-hydrogen) atoms. The Kier molecular flexibility index (Phi) is 7.26. The van der Waals surface area contributed by atoms with Crippen LogP contribution in [0.3, 0.4) is 0 Å². The fraction of sp³-hybridized carbons (Fsp3) is 0.650. The number of nitrogens with one attached hydrogen (secondary N) is 1. The van der Waals surface area contributed by atoms with Gasteiger partial charge in [-0.15, -0.1) is 12.4 Å². The highest BCUT2D eigenvalue weighted by molar-refractivity contribution is 5.88. The summed E-state index contributed by atoms with van der Waals surface area (Å²) >= 11 is 0. The first kappa shape index (κ1) is 20.2. The summed E-state index contributed by atoms with van der Waals surface area (Å²) in [5.41, 5.74) is 0.385. The maximum Gasteiger partial charge on any atom is 0.233 e. The van der Waals surface area contributed by atoms with Crippen LogP contribution in [0.15, 0.2) is 24.3 Å². The van der Waals surface area contributed by atoms with E-state index in [1.54, 1.807) is 12.1 Å². The van der Waals surface area contributed by atoms with Crippen molar-refractivity contribution < 1.29 is 9.18 Å². The van der Waals surface area contributed by atoms with Crippen molar-refractivity contribution in [3.05, 3.63) is 35.6 Å². The van der Waals surface area contributed by atoms with Gasteiger partial charge in [-0.05, 0) is 62.4 Å². The van der Waals surface area contributed by atoms with Gasteiger partial charge in [0.15, 0.2) is 0 Å². The Morgan fingerprint density at radius 2 is 1.96 bits per heavy atom. The molecule has 0 radical (unpaired) electrons. The van der Waals surface area contributed by atoms with E-state index in [0.29, 0.717) is 5.92 Å². The largest absolute Gasteiger partial charge is 0.342 e. The molecule has 1 aromatic rings. The molecule has 140 valence electrons. The van der Waals surface area contributed by atoms with E-state index in [0.717, 1.165) is 70.3 Å². The predicted octanol–water partition coefficient (Wildman–Crippen LogP) is 3.91. The summed E-state index contributed by atoms with van der Waals surface area (Å²) in [7, 11) is 0. The zero-order valence-electron chi connectivity index (χ0n) is 15.1. The molecule has 1 saturated heterocycles. The molecule has 0 spiro atoms. The lowest BCUT2D eigenvalue weighted by atomic mass is 9.77. The molecule has 1 heterocycles. The highest BCUT2D eigenvalue weighted by atomic mass is 35.5. The van der Waals surface area contributed by atoms with Crippen LogP contribution in [-0.2, 0) is 10.2 Å². The summed E-state index contributed by atoms with van der Waals surface area (Å²) in [4.78, 5) is 15.4.